The Morgan fingerprint density at radius 1 is 1.10 bits per heavy atom. The molecule has 0 spiro atoms. The largest absolute Gasteiger partial charge is 0.573 e. The van der Waals surface area contributed by atoms with Crippen LogP contribution in [0.4, 0.5) is 13.2 Å². The van der Waals surface area contributed by atoms with Crippen LogP contribution in [0.2, 0.25) is 5.15 Å². The molecule has 0 N–H and O–H groups in total. The fraction of sp³-hybridized carbons (Fsp3) is 0.154. The van der Waals surface area contributed by atoms with Crippen LogP contribution in [0.5, 0.6) is 17.2 Å². The molecule has 0 aliphatic carbocycles. The Labute approximate surface area is 117 Å². The summed E-state index contributed by atoms with van der Waals surface area (Å²) in [5, 5.41) is 0.180. The average molecular weight is 304 g/mol. The normalized spacial score (nSPS) is 11.2. The zero-order valence-electron chi connectivity index (χ0n) is 10.2. The zero-order valence-corrected chi connectivity index (χ0v) is 11.0. The van der Waals surface area contributed by atoms with E-state index < -0.39 is 12.1 Å². The fourth-order valence-corrected chi connectivity index (χ4v) is 1.60. The minimum atomic E-state index is -4.79. The maximum atomic E-state index is 12.3. The maximum absolute atomic E-state index is 12.3. The number of halogens is 4. The van der Waals surface area contributed by atoms with Crippen molar-refractivity contribution in [3.63, 3.8) is 0 Å². The molecule has 0 radical (unpaired) electrons. The highest BCUT2D eigenvalue weighted by Gasteiger charge is 2.32. The summed E-state index contributed by atoms with van der Waals surface area (Å²) < 4.78 is 46.2. The molecule has 7 heteroatoms. The van der Waals surface area contributed by atoms with Gasteiger partial charge in [-0.25, -0.2) is 4.98 Å². The van der Waals surface area contributed by atoms with Gasteiger partial charge in [0.1, 0.15) is 10.9 Å². The van der Waals surface area contributed by atoms with E-state index in [0.717, 1.165) is 0 Å². The van der Waals surface area contributed by atoms with E-state index in [9.17, 15) is 13.2 Å². The number of pyridine rings is 1. The number of hydrogen-bond donors (Lipinski definition) is 0. The Kier molecular flexibility index (Phi) is 4.04. The van der Waals surface area contributed by atoms with Crippen molar-refractivity contribution in [1.29, 1.82) is 0 Å². The fourth-order valence-electron chi connectivity index (χ4n) is 1.45. The summed E-state index contributed by atoms with van der Waals surface area (Å²) in [4.78, 5) is 3.84. The average Bonchev–Trinajstić information content (AvgIpc) is 2.34. The van der Waals surface area contributed by atoms with Crippen LogP contribution in [0.1, 0.15) is 5.56 Å². The molecule has 20 heavy (non-hydrogen) atoms. The second-order valence-electron chi connectivity index (χ2n) is 3.87. The van der Waals surface area contributed by atoms with Gasteiger partial charge in [-0.2, -0.15) is 0 Å². The van der Waals surface area contributed by atoms with Gasteiger partial charge in [0.25, 0.3) is 0 Å². The molecule has 1 aromatic carbocycles. The van der Waals surface area contributed by atoms with Crippen molar-refractivity contribution in [1.82, 2.24) is 4.98 Å². The molecular weight excluding hydrogens is 295 g/mol. The maximum Gasteiger partial charge on any atom is 0.573 e. The molecule has 1 aromatic heterocycles. The molecule has 0 bridgehead atoms. The zero-order chi connectivity index (χ0) is 14.8. The Morgan fingerprint density at radius 3 is 2.40 bits per heavy atom. The van der Waals surface area contributed by atoms with Gasteiger partial charge in [-0.1, -0.05) is 23.7 Å². The van der Waals surface area contributed by atoms with Crippen LogP contribution in [0.3, 0.4) is 0 Å². The Morgan fingerprint density at radius 2 is 1.75 bits per heavy atom. The van der Waals surface area contributed by atoms with Gasteiger partial charge in [0.15, 0.2) is 11.5 Å². The second-order valence-corrected chi connectivity index (χ2v) is 4.26. The molecule has 106 valence electrons. The van der Waals surface area contributed by atoms with Crippen LogP contribution >= 0.6 is 11.6 Å². The topological polar surface area (TPSA) is 31.4 Å². The standard InChI is InChI=1S/C13H9ClF3NO2/c1-8-7-18-12(14)6-11(8)19-9-4-2-3-5-10(9)20-13(15,16)17/h2-7H,1H3. The lowest BCUT2D eigenvalue weighted by Gasteiger charge is -2.14. The SMILES string of the molecule is Cc1cnc(Cl)cc1Oc1ccccc1OC(F)(F)F. The van der Waals surface area contributed by atoms with Crippen LogP contribution in [0.25, 0.3) is 0 Å². The van der Waals surface area contributed by atoms with Gasteiger partial charge in [-0.3, -0.25) is 0 Å². The van der Waals surface area contributed by atoms with Crippen molar-refractivity contribution in [3.8, 4) is 17.2 Å². The number of para-hydroxylation sites is 2. The molecular formula is C13H9ClF3NO2. The lowest BCUT2D eigenvalue weighted by molar-refractivity contribution is -0.275. The molecule has 0 unspecified atom stereocenters. The van der Waals surface area contributed by atoms with Gasteiger partial charge in [-0.15, -0.1) is 13.2 Å². The number of nitrogens with zero attached hydrogens (tertiary/aromatic N) is 1. The van der Waals surface area contributed by atoms with Crippen molar-refractivity contribution >= 4 is 11.6 Å². The van der Waals surface area contributed by atoms with Crippen molar-refractivity contribution in [2.45, 2.75) is 13.3 Å². The van der Waals surface area contributed by atoms with E-state index in [1.807, 2.05) is 0 Å². The van der Waals surface area contributed by atoms with E-state index >= 15 is 0 Å². The smallest absolute Gasteiger partial charge is 0.453 e. The van der Waals surface area contributed by atoms with Crippen molar-refractivity contribution in [2.24, 2.45) is 0 Å². The van der Waals surface area contributed by atoms with E-state index in [1.54, 1.807) is 6.92 Å². The van der Waals surface area contributed by atoms with Gasteiger partial charge >= 0.3 is 6.36 Å². The summed E-state index contributed by atoms with van der Waals surface area (Å²) in [5.41, 5.74) is 0.635. The van der Waals surface area contributed by atoms with Crippen LogP contribution < -0.4 is 9.47 Å². The van der Waals surface area contributed by atoms with E-state index in [1.165, 1.54) is 36.5 Å². The molecule has 0 saturated carbocycles. The molecule has 0 amide bonds. The monoisotopic (exact) mass is 303 g/mol. The van der Waals surface area contributed by atoms with Crippen molar-refractivity contribution < 1.29 is 22.6 Å². The van der Waals surface area contributed by atoms with Crippen molar-refractivity contribution in [3.05, 3.63) is 47.2 Å². The number of ether oxygens (including phenoxy) is 2. The predicted molar refractivity (Wildman–Crippen MR) is 67.2 cm³/mol. The summed E-state index contributed by atoms with van der Waals surface area (Å²) in [6, 6.07) is 6.91. The van der Waals surface area contributed by atoms with E-state index in [0.29, 0.717) is 11.3 Å². The molecule has 0 atom stereocenters. The van der Waals surface area contributed by atoms with E-state index in [2.05, 4.69) is 9.72 Å². The predicted octanol–water partition coefficient (Wildman–Crippen LogP) is 4.73. The van der Waals surface area contributed by atoms with Gasteiger partial charge in [0, 0.05) is 17.8 Å². The van der Waals surface area contributed by atoms with Crippen LogP contribution in [0, 0.1) is 6.92 Å². The molecule has 1 heterocycles. The van der Waals surface area contributed by atoms with Gasteiger partial charge in [0.05, 0.1) is 0 Å². The number of benzene rings is 1. The minimum absolute atomic E-state index is 0.0600. The molecule has 0 aliphatic rings. The molecule has 0 fully saturated rings. The Bertz CT molecular complexity index is 617. The molecule has 3 nitrogen and oxygen atoms in total. The third kappa shape index (κ3) is 3.77. The number of rotatable bonds is 3. The Balaban J connectivity index is 2.32. The summed E-state index contributed by atoms with van der Waals surface area (Å²) in [7, 11) is 0. The third-order valence-electron chi connectivity index (χ3n) is 2.32. The summed E-state index contributed by atoms with van der Waals surface area (Å²) in [6.07, 6.45) is -3.32. The second kappa shape index (κ2) is 5.58. The highest BCUT2D eigenvalue weighted by atomic mass is 35.5. The van der Waals surface area contributed by atoms with Gasteiger partial charge in [0.2, 0.25) is 0 Å². The number of aryl methyl sites for hydroxylation is 1. The molecule has 0 aliphatic heterocycles. The minimum Gasteiger partial charge on any atom is -0.453 e. The number of hydrogen-bond acceptors (Lipinski definition) is 3. The summed E-state index contributed by atoms with van der Waals surface area (Å²) >= 11 is 5.73. The first kappa shape index (κ1) is 14.5. The first-order chi connectivity index (χ1) is 9.35. The number of alkyl halides is 3. The molecule has 2 aromatic rings. The lowest BCUT2D eigenvalue weighted by atomic mass is 10.3. The summed E-state index contributed by atoms with van der Waals surface area (Å²) in [6.45, 7) is 1.70. The highest BCUT2D eigenvalue weighted by Crippen LogP contribution is 2.36. The molecule has 0 saturated heterocycles. The quantitative estimate of drug-likeness (QED) is 0.768. The summed E-state index contributed by atoms with van der Waals surface area (Å²) in [5.74, 6) is -0.175. The van der Waals surface area contributed by atoms with Gasteiger partial charge < -0.3 is 9.47 Å². The molecule has 2 rings (SSSR count). The third-order valence-corrected chi connectivity index (χ3v) is 2.52. The highest BCUT2D eigenvalue weighted by molar-refractivity contribution is 6.29. The first-order valence-electron chi connectivity index (χ1n) is 5.50. The van der Waals surface area contributed by atoms with E-state index in [-0.39, 0.29) is 10.9 Å². The van der Waals surface area contributed by atoms with Crippen LogP contribution in [-0.2, 0) is 0 Å². The lowest BCUT2D eigenvalue weighted by Crippen LogP contribution is -2.17. The first-order valence-corrected chi connectivity index (χ1v) is 5.88. The van der Waals surface area contributed by atoms with Gasteiger partial charge in [-0.05, 0) is 19.1 Å². The van der Waals surface area contributed by atoms with Crippen LogP contribution in [-0.4, -0.2) is 11.3 Å². The van der Waals surface area contributed by atoms with E-state index in [4.69, 9.17) is 16.3 Å². The van der Waals surface area contributed by atoms with Crippen molar-refractivity contribution in [2.75, 3.05) is 0 Å². The number of aromatic nitrogens is 1. The van der Waals surface area contributed by atoms with Crippen LogP contribution in [0.15, 0.2) is 36.5 Å². The Hall–Kier alpha value is -1.95.